The van der Waals surface area contributed by atoms with Gasteiger partial charge in [-0.05, 0) is 31.5 Å². The minimum atomic E-state index is 0.518. The second kappa shape index (κ2) is 4.33. The molecule has 14 heavy (non-hydrogen) atoms. The summed E-state index contributed by atoms with van der Waals surface area (Å²) >= 11 is 0. The number of nitrogens with one attached hydrogen (secondary N) is 1. The van der Waals surface area contributed by atoms with Gasteiger partial charge in [-0.3, -0.25) is 9.78 Å². The number of nitrogens with zero attached hydrogens (tertiary/aromatic N) is 1. The average Bonchev–Trinajstić information content (AvgIpc) is 2.30. The van der Waals surface area contributed by atoms with E-state index in [4.69, 9.17) is 0 Å². The fourth-order valence-corrected chi connectivity index (χ4v) is 1.83. The zero-order valence-electron chi connectivity index (χ0n) is 8.07. The highest BCUT2D eigenvalue weighted by atomic mass is 16.1. The summed E-state index contributed by atoms with van der Waals surface area (Å²) in [6.07, 6.45) is 4.88. The van der Waals surface area contributed by atoms with Crippen molar-refractivity contribution in [1.82, 2.24) is 10.3 Å². The van der Waals surface area contributed by atoms with E-state index in [-0.39, 0.29) is 0 Å². The smallest absolute Gasteiger partial charge is 0.151 e. The Morgan fingerprint density at radius 2 is 2.43 bits per heavy atom. The maximum atomic E-state index is 10.4. The molecule has 0 spiro atoms. The molecule has 1 fully saturated rings. The summed E-state index contributed by atoms with van der Waals surface area (Å²) in [4.78, 5) is 14.7. The monoisotopic (exact) mass is 190 g/mol. The van der Waals surface area contributed by atoms with Gasteiger partial charge in [0.25, 0.3) is 0 Å². The molecule has 0 saturated carbocycles. The molecule has 0 amide bonds. The molecule has 0 aromatic carbocycles. The minimum Gasteiger partial charge on any atom is -0.316 e. The molecule has 1 saturated heterocycles. The Morgan fingerprint density at radius 1 is 1.50 bits per heavy atom. The maximum Gasteiger partial charge on any atom is 0.151 e. The molecule has 74 valence electrons. The van der Waals surface area contributed by atoms with Crippen LogP contribution in [-0.2, 0) is 0 Å². The lowest BCUT2D eigenvalue weighted by Crippen LogP contribution is -2.28. The number of rotatable bonds is 2. The van der Waals surface area contributed by atoms with Crippen molar-refractivity contribution >= 4 is 6.29 Å². The molecule has 1 atom stereocenters. The van der Waals surface area contributed by atoms with Crippen LogP contribution in [0.5, 0.6) is 0 Å². The van der Waals surface area contributed by atoms with Crippen molar-refractivity contribution in [3.63, 3.8) is 0 Å². The molecular weight excluding hydrogens is 176 g/mol. The first-order valence-electron chi connectivity index (χ1n) is 5.02. The van der Waals surface area contributed by atoms with Gasteiger partial charge < -0.3 is 5.32 Å². The molecule has 3 heteroatoms. The number of aldehydes is 1. The van der Waals surface area contributed by atoms with Gasteiger partial charge in [0, 0.05) is 29.9 Å². The van der Waals surface area contributed by atoms with E-state index in [1.807, 2.05) is 12.1 Å². The van der Waals surface area contributed by atoms with Gasteiger partial charge in [0.05, 0.1) is 0 Å². The molecular formula is C11H14N2O. The minimum absolute atomic E-state index is 0.518. The largest absolute Gasteiger partial charge is 0.316 e. The highest BCUT2D eigenvalue weighted by Gasteiger charge is 2.15. The standard InChI is InChI=1S/C11H14N2O/c14-8-9-3-4-11(13-6-9)10-2-1-5-12-7-10/h3-4,6,8,10,12H,1-2,5,7H2. The first-order chi connectivity index (χ1) is 6.90. The van der Waals surface area contributed by atoms with Gasteiger partial charge in [-0.1, -0.05) is 0 Å². The number of aromatic nitrogens is 1. The van der Waals surface area contributed by atoms with Gasteiger partial charge in [-0.15, -0.1) is 0 Å². The van der Waals surface area contributed by atoms with E-state index in [0.29, 0.717) is 11.5 Å². The molecule has 1 unspecified atom stereocenters. The quantitative estimate of drug-likeness (QED) is 0.716. The molecule has 2 rings (SSSR count). The number of hydrogen-bond acceptors (Lipinski definition) is 3. The predicted octanol–water partition coefficient (Wildman–Crippen LogP) is 1.36. The molecule has 1 aromatic heterocycles. The first kappa shape index (κ1) is 9.34. The van der Waals surface area contributed by atoms with Crippen LogP contribution in [0, 0.1) is 0 Å². The number of pyridine rings is 1. The SMILES string of the molecule is O=Cc1ccc(C2CCCNC2)nc1. The lowest BCUT2D eigenvalue weighted by atomic mass is 9.95. The maximum absolute atomic E-state index is 10.4. The fourth-order valence-electron chi connectivity index (χ4n) is 1.83. The Kier molecular flexibility index (Phi) is 2.89. The van der Waals surface area contributed by atoms with Gasteiger partial charge in [-0.25, -0.2) is 0 Å². The molecule has 2 heterocycles. The van der Waals surface area contributed by atoms with Crippen molar-refractivity contribution < 1.29 is 4.79 Å². The Hall–Kier alpha value is -1.22. The molecule has 3 nitrogen and oxygen atoms in total. The zero-order chi connectivity index (χ0) is 9.80. The van der Waals surface area contributed by atoms with Gasteiger partial charge in [-0.2, -0.15) is 0 Å². The molecule has 1 N–H and O–H groups in total. The van der Waals surface area contributed by atoms with E-state index in [2.05, 4.69) is 10.3 Å². The van der Waals surface area contributed by atoms with Crippen LogP contribution in [-0.4, -0.2) is 24.4 Å². The van der Waals surface area contributed by atoms with Gasteiger partial charge in [0.2, 0.25) is 0 Å². The zero-order valence-corrected chi connectivity index (χ0v) is 8.07. The highest BCUT2D eigenvalue weighted by molar-refractivity contribution is 5.73. The van der Waals surface area contributed by atoms with Crippen LogP contribution in [0.4, 0.5) is 0 Å². The van der Waals surface area contributed by atoms with Crippen LogP contribution >= 0.6 is 0 Å². The summed E-state index contributed by atoms with van der Waals surface area (Å²) in [5, 5.41) is 3.35. The summed E-state index contributed by atoms with van der Waals surface area (Å²) in [7, 11) is 0. The number of carbonyl (C=O) groups is 1. The molecule has 1 aliphatic heterocycles. The van der Waals surface area contributed by atoms with Crippen molar-refractivity contribution in [3.8, 4) is 0 Å². The van der Waals surface area contributed by atoms with E-state index in [9.17, 15) is 4.79 Å². The first-order valence-corrected chi connectivity index (χ1v) is 5.02. The highest BCUT2D eigenvalue weighted by Crippen LogP contribution is 2.20. The summed E-state index contributed by atoms with van der Waals surface area (Å²) in [6, 6.07) is 3.80. The van der Waals surface area contributed by atoms with E-state index < -0.39 is 0 Å². The molecule has 1 aromatic rings. The fraction of sp³-hybridized carbons (Fsp3) is 0.455. The van der Waals surface area contributed by atoms with Gasteiger partial charge >= 0.3 is 0 Å². The van der Waals surface area contributed by atoms with Crippen molar-refractivity contribution in [3.05, 3.63) is 29.6 Å². The van der Waals surface area contributed by atoms with Crippen LogP contribution in [0.15, 0.2) is 18.3 Å². The molecule has 1 aliphatic rings. The molecule has 0 bridgehead atoms. The number of carbonyl (C=O) groups excluding carboxylic acids is 1. The lowest BCUT2D eigenvalue weighted by molar-refractivity contribution is 0.112. The van der Waals surface area contributed by atoms with E-state index in [1.54, 1.807) is 6.20 Å². The summed E-state index contributed by atoms with van der Waals surface area (Å²) in [5.41, 5.74) is 1.75. The third-order valence-electron chi connectivity index (χ3n) is 2.66. The van der Waals surface area contributed by atoms with Crippen molar-refractivity contribution in [1.29, 1.82) is 0 Å². The summed E-state index contributed by atoms with van der Waals surface area (Å²) < 4.78 is 0. The average molecular weight is 190 g/mol. The van der Waals surface area contributed by atoms with E-state index in [0.717, 1.165) is 25.1 Å². The number of hydrogen-bond donors (Lipinski definition) is 1. The Balaban J connectivity index is 2.11. The van der Waals surface area contributed by atoms with Crippen molar-refractivity contribution in [2.75, 3.05) is 13.1 Å². The second-order valence-electron chi connectivity index (χ2n) is 3.68. The Morgan fingerprint density at radius 3 is 3.00 bits per heavy atom. The third-order valence-corrected chi connectivity index (χ3v) is 2.66. The van der Waals surface area contributed by atoms with Crippen LogP contribution in [0.3, 0.4) is 0 Å². The van der Waals surface area contributed by atoms with Gasteiger partial charge in [0.1, 0.15) is 0 Å². The summed E-state index contributed by atoms with van der Waals surface area (Å²) in [6.45, 7) is 2.12. The van der Waals surface area contributed by atoms with Crippen molar-refractivity contribution in [2.45, 2.75) is 18.8 Å². The Bertz CT molecular complexity index is 302. The van der Waals surface area contributed by atoms with Gasteiger partial charge in [0.15, 0.2) is 6.29 Å². The van der Waals surface area contributed by atoms with Crippen LogP contribution in [0.2, 0.25) is 0 Å². The Labute approximate surface area is 83.5 Å². The second-order valence-corrected chi connectivity index (χ2v) is 3.68. The van der Waals surface area contributed by atoms with Crippen LogP contribution in [0.25, 0.3) is 0 Å². The van der Waals surface area contributed by atoms with E-state index in [1.165, 1.54) is 12.8 Å². The summed E-state index contributed by atoms with van der Waals surface area (Å²) in [5.74, 6) is 0.518. The lowest BCUT2D eigenvalue weighted by Gasteiger charge is -2.22. The third kappa shape index (κ3) is 1.99. The molecule has 0 aliphatic carbocycles. The topological polar surface area (TPSA) is 42.0 Å². The molecule has 0 radical (unpaired) electrons. The van der Waals surface area contributed by atoms with E-state index >= 15 is 0 Å². The van der Waals surface area contributed by atoms with Crippen LogP contribution < -0.4 is 5.32 Å². The normalized spacial score (nSPS) is 21.9. The number of piperidine rings is 1. The predicted molar refractivity (Wildman–Crippen MR) is 54.5 cm³/mol. The van der Waals surface area contributed by atoms with Crippen LogP contribution in [0.1, 0.15) is 34.8 Å². The van der Waals surface area contributed by atoms with Crippen molar-refractivity contribution in [2.24, 2.45) is 0 Å².